The normalized spacial score (nSPS) is 11.2. The van der Waals surface area contributed by atoms with Crippen LogP contribution in [0.5, 0.6) is 5.75 Å². The Balaban J connectivity index is 1.84. The first kappa shape index (κ1) is 19.7. The minimum atomic E-state index is -0.516. The zero-order valence-corrected chi connectivity index (χ0v) is 16.8. The first-order valence-electron chi connectivity index (χ1n) is 10.1. The Labute approximate surface area is 174 Å². The van der Waals surface area contributed by atoms with Crippen LogP contribution in [0.3, 0.4) is 0 Å². The molecule has 7 nitrogen and oxygen atoms in total. The van der Waals surface area contributed by atoms with Crippen LogP contribution in [0.2, 0.25) is 0 Å². The van der Waals surface area contributed by atoms with E-state index in [1.54, 1.807) is 28.8 Å². The van der Waals surface area contributed by atoms with Gasteiger partial charge in [-0.25, -0.2) is 14.8 Å². The molecule has 2 aromatic carbocycles. The Morgan fingerprint density at radius 2 is 1.83 bits per heavy atom. The fourth-order valence-corrected chi connectivity index (χ4v) is 3.52. The Hall–Kier alpha value is -3.61. The second-order valence-electron chi connectivity index (χ2n) is 7.20. The highest BCUT2D eigenvalue weighted by Gasteiger charge is 2.26. The fourth-order valence-electron chi connectivity index (χ4n) is 3.52. The van der Waals surface area contributed by atoms with Gasteiger partial charge in [-0.1, -0.05) is 44.4 Å². The Morgan fingerprint density at radius 1 is 1.07 bits per heavy atom. The molecule has 0 aliphatic carbocycles. The number of ether oxygens (including phenoxy) is 1. The number of nitrogen functional groups attached to an aromatic ring is 1. The van der Waals surface area contributed by atoms with Gasteiger partial charge < -0.3 is 15.6 Å². The number of unbranched alkanes of at least 4 members (excludes halogenated alkanes) is 3. The van der Waals surface area contributed by atoms with Gasteiger partial charge >= 0.3 is 5.97 Å². The molecule has 0 spiro atoms. The zero-order chi connectivity index (χ0) is 21.1. The van der Waals surface area contributed by atoms with Crippen LogP contribution in [0.25, 0.3) is 27.9 Å². The maximum Gasteiger partial charge on any atom is 0.344 e. The molecule has 0 atom stereocenters. The summed E-state index contributed by atoms with van der Waals surface area (Å²) in [7, 11) is 0. The van der Waals surface area contributed by atoms with E-state index >= 15 is 0 Å². The van der Waals surface area contributed by atoms with Crippen LogP contribution in [0.4, 0.5) is 5.82 Å². The molecule has 2 aromatic heterocycles. The van der Waals surface area contributed by atoms with Crippen molar-refractivity contribution in [1.82, 2.24) is 14.5 Å². The van der Waals surface area contributed by atoms with Gasteiger partial charge in [0.15, 0.2) is 5.65 Å². The Bertz CT molecular complexity index is 1220. The molecule has 0 aliphatic heterocycles. The number of hydrogen-bond donors (Lipinski definition) is 2. The van der Waals surface area contributed by atoms with Gasteiger partial charge in [0.1, 0.15) is 22.6 Å². The highest BCUT2D eigenvalue weighted by Crippen LogP contribution is 2.32. The molecule has 154 valence electrons. The van der Waals surface area contributed by atoms with Crippen molar-refractivity contribution < 1.29 is 14.6 Å². The van der Waals surface area contributed by atoms with Crippen LogP contribution in [-0.4, -0.2) is 32.2 Å². The Morgan fingerprint density at radius 3 is 2.57 bits per heavy atom. The van der Waals surface area contributed by atoms with E-state index in [1.165, 1.54) is 0 Å². The molecular weight excluding hydrogens is 380 g/mol. The molecule has 0 saturated carbocycles. The lowest BCUT2D eigenvalue weighted by Gasteiger charge is -2.08. The van der Waals surface area contributed by atoms with E-state index in [4.69, 9.17) is 15.5 Å². The number of fused-ring (bicyclic) bond motifs is 2. The number of benzene rings is 2. The number of aromatic nitrogens is 3. The number of nitrogens with two attached hydrogens (primary N) is 1. The summed E-state index contributed by atoms with van der Waals surface area (Å²) < 4.78 is 7.13. The standard InChI is InChI=1S/C23H24N4O3/c1-2-3-4-7-13-30-23(29)19-20-22(26-18-12-6-5-11-17(18)25-20)27(21(19)24)15-9-8-10-16(28)14-15/h5-6,8-12,14,28H,2-4,7,13,24H2,1H3. The molecule has 3 N–H and O–H groups in total. The van der Waals surface area contributed by atoms with Gasteiger partial charge in [-0.2, -0.15) is 0 Å². The van der Waals surface area contributed by atoms with Crippen molar-refractivity contribution in [2.24, 2.45) is 0 Å². The van der Waals surface area contributed by atoms with Gasteiger partial charge in [-0.15, -0.1) is 0 Å². The predicted octanol–water partition coefficient (Wildman–Crippen LogP) is 4.60. The van der Waals surface area contributed by atoms with E-state index in [0.717, 1.165) is 25.7 Å². The molecule has 30 heavy (non-hydrogen) atoms. The number of carbonyl (C=O) groups is 1. The second-order valence-corrected chi connectivity index (χ2v) is 7.20. The van der Waals surface area contributed by atoms with E-state index in [2.05, 4.69) is 11.9 Å². The van der Waals surface area contributed by atoms with Gasteiger partial charge in [0.05, 0.1) is 23.3 Å². The van der Waals surface area contributed by atoms with Crippen molar-refractivity contribution in [3.63, 3.8) is 0 Å². The topological polar surface area (TPSA) is 103 Å². The molecule has 0 aliphatic rings. The lowest BCUT2D eigenvalue weighted by molar-refractivity contribution is 0.0501. The molecule has 4 aromatic rings. The van der Waals surface area contributed by atoms with Crippen molar-refractivity contribution in [2.75, 3.05) is 12.3 Å². The third-order valence-electron chi connectivity index (χ3n) is 5.02. The molecule has 0 saturated heterocycles. The van der Waals surface area contributed by atoms with Crippen molar-refractivity contribution in [2.45, 2.75) is 32.6 Å². The van der Waals surface area contributed by atoms with Gasteiger partial charge in [-0.05, 0) is 30.7 Å². The quantitative estimate of drug-likeness (QED) is 0.345. The number of phenols is 1. The van der Waals surface area contributed by atoms with E-state index in [9.17, 15) is 9.90 Å². The number of carbonyl (C=O) groups excluding carboxylic acids is 1. The maximum atomic E-state index is 12.9. The minimum absolute atomic E-state index is 0.0857. The fraction of sp³-hybridized carbons (Fsp3) is 0.261. The lowest BCUT2D eigenvalue weighted by atomic mass is 10.2. The third-order valence-corrected chi connectivity index (χ3v) is 5.02. The number of nitrogens with zero attached hydrogens (tertiary/aromatic N) is 3. The van der Waals surface area contributed by atoms with Crippen molar-refractivity contribution in [3.05, 3.63) is 54.1 Å². The van der Waals surface area contributed by atoms with Gasteiger partial charge in [0.2, 0.25) is 0 Å². The van der Waals surface area contributed by atoms with Crippen LogP contribution >= 0.6 is 0 Å². The monoisotopic (exact) mass is 404 g/mol. The smallest absolute Gasteiger partial charge is 0.344 e. The first-order valence-corrected chi connectivity index (χ1v) is 10.1. The summed E-state index contributed by atoms with van der Waals surface area (Å²) in [5.74, 6) is -0.246. The lowest BCUT2D eigenvalue weighted by Crippen LogP contribution is -2.10. The molecule has 0 fully saturated rings. The second kappa shape index (κ2) is 8.41. The summed E-state index contributed by atoms with van der Waals surface area (Å²) in [4.78, 5) is 22.3. The van der Waals surface area contributed by atoms with Crippen LogP contribution < -0.4 is 5.73 Å². The van der Waals surface area contributed by atoms with Crippen molar-refractivity contribution >= 4 is 34.0 Å². The summed E-state index contributed by atoms with van der Waals surface area (Å²) in [5.41, 5.74) is 9.37. The van der Waals surface area contributed by atoms with E-state index in [0.29, 0.717) is 34.5 Å². The summed E-state index contributed by atoms with van der Waals surface area (Å²) in [6, 6.07) is 14.0. The first-order chi connectivity index (χ1) is 14.6. The van der Waals surface area contributed by atoms with Crippen LogP contribution in [0.15, 0.2) is 48.5 Å². The van der Waals surface area contributed by atoms with Crippen LogP contribution in [-0.2, 0) is 4.74 Å². The summed E-state index contributed by atoms with van der Waals surface area (Å²) in [6.45, 7) is 2.46. The van der Waals surface area contributed by atoms with E-state index in [-0.39, 0.29) is 17.1 Å². The van der Waals surface area contributed by atoms with E-state index in [1.807, 2.05) is 24.3 Å². The molecule has 0 amide bonds. The predicted molar refractivity (Wildman–Crippen MR) is 117 cm³/mol. The number of hydrogen-bond acceptors (Lipinski definition) is 6. The number of aromatic hydroxyl groups is 1. The van der Waals surface area contributed by atoms with Crippen molar-refractivity contribution in [1.29, 1.82) is 0 Å². The number of phenolic OH excluding ortho intramolecular Hbond substituents is 1. The number of para-hydroxylation sites is 2. The summed E-state index contributed by atoms with van der Waals surface area (Å²) in [6.07, 6.45) is 4.03. The van der Waals surface area contributed by atoms with Gasteiger partial charge in [0.25, 0.3) is 0 Å². The number of rotatable bonds is 7. The molecule has 0 bridgehead atoms. The molecule has 2 heterocycles. The molecule has 0 radical (unpaired) electrons. The summed E-state index contributed by atoms with van der Waals surface area (Å²) >= 11 is 0. The molecule has 0 unspecified atom stereocenters. The zero-order valence-electron chi connectivity index (χ0n) is 16.8. The average Bonchev–Trinajstić information content (AvgIpc) is 3.02. The SMILES string of the molecule is CCCCCCOC(=O)c1c(N)n(-c2cccc(O)c2)c2nc3ccccc3nc12. The number of esters is 1. The highest BCUT2D eigenvalue weighted by molar-refractivity contribution is 6.09. The summed E-state index contributed by atoms with van der Waals surface area (Å²) in [5, 5.41) is 9.93. The van der Waals surface area contributed by atoms with Gasteiger partial charge in [0, 0.05) is 6.07 Å². The molecule has 7 heteroatoms. The highest BCUT2D eigenvalue weighted by atomic mass is 16.5. The Kier molecular flexibility index (Phi) is 5.52. The number of anilines is 1. The molecule has 4 rings (SSSR count). The minimum Gasteiger partial charge on any atom is -0.508 e. The average molecular weight is 404 g/mol. The van der Waals surface area contributed by atoms with Gasteiger partial charge in [-0.3, -0.25) is 4.57 Å². The third kappa shape index (κ3) is 3.66. The van der Waals surface area contributed by atoms with E-state index < -0.39 is 5.97 Å². The molecular formula is C23H24N4O3. The van der Waals surface area contributed by atoms with Crippen molar-refractivity contribution in [3.8, 4) is 11.4 Å². The largest absolute Gasteiger partial charge is 0.508 e. The maximum absolute atomic E-state index is 12.9. The van der Waals surface area contributed by atoms with Crippen LogP contribution in [0.1, 0.15) is 43.0 Å². The van der Waals surface area contributed by atoms with Crippen LogP contribution in [0, 0.1) is 0 Å².